The molecule has 0 heterocycles. The topological polar surface area (TPSA) is 72.9 Å². The van der Waals surface area contributed by atoms with E-state index < -0.39 is 0 Å². The molecule has 2 aromatic carbocycles. The predicted molar refractivity (Wildman–Crippen MR) is 100 cm³/mol. The number of benzene rings is 2. The molecule has 0 aromatic heterocycles. The summed E-state index contributed by atoms with van der Waals surface area (Å²) in [7, 11) is 2.86. The molecule has 6 nitrogen and oxygen atoms in total. The second-order valence-electron chi connectivity index (χ2n) is 6.12. The quantitative estimate of drug-likeness (QED) is 0.693. The van der Waals surface area contributed by atoms with Crippen molar-refractivity contribution in [3.8, 4) is 11.5 Å². The number of hydrogen-bond donors (Lipinski definition) is 0. The first-order chi connectivity index (χ1) is 13.0. The Morgan fingerprint density at radius 3 is 2.11 bits per heavy atom. The fourth-order valence-electron chi connectivity index (χ4n) is 3.40. The van der Waals surface area contributed by atoms with Gasteiger partial charge in [0.1, 0.15) is 11.5 Å². The first-order valence-electron chi connectivity index (χ1n) is 8.76. The van der Waals surface area contributed by atoms with Crippen molar-refractivity contribution in [2.45, 2.75) is 13.8 Å². The molecule has 27 heavy (non-hydrogen) atoms. The highest BCUT2D eigenvalue weighted by Gasteiger charge is 2.35. The first-order valence-corrected chi connectivity index (χ1v) is 8.76. The van der Waals surface area contributed by atoms with Crippen molar-refractivity contribution < 1.29 is 23.9 Å². The van der Waals surface area contributed by atoms with Gasteiger partial charge in [-0.05, 0) is 32.0 Å². The summed E-state index contributed by atoms with van der Waals surface area (Å²) in [5, 5.41) is 0. The molecule has 0 saturated heterocycles. The molecule has 0 radical (unpaired) electrons. The van der Waals surface area contributed by atoms with Crippen LogP contribution in [0, 0.1) is 0 Å². The summed E-state index contributed by atoms with van der Waals surface area (Å²) < 4.78 is 10.6. The van der Waals surface area contributed by atoms with E-state index in [1.165, 1.54) is 26.4 Å². The van der Waals surface area contributed by atoms with Crippen molar-refractivity contribution in [2.24, 2.45) is 0 Å². The van der Waals surface area contributed by atoms with E-state index in [1.807, 2.05) is 13.8 Å². The molecule has 1 aliphatic carbocycles. The van der Waals surface area contributed by atoms with E-state index in [1.54, 1.807) is 23.1 Å². The van der Waals surface area contributed by atoms with Crippen LogP contribution >= 0.6 is 0 Å². The number of carbonyl (C=O) groups excluding carboxylic acids is 3. The Labute approximate surface area is 157 Å². The Hall–Kier alpha value is -3.15. The van der Waals surface area contributed by atoms with Gasteiger partial charge in [0.15, 0.2) is 5.78 Å². The molecular formula is C21H21NO5. The monoisotopic (exact) mass is 367 g/mol. The standard InChI is InChI=1S/C21H21NO5/c1-5-22(6-2)21(25)12-10-14-18(16(11-12)27-4)20(24)17-13(19(14)23)8-7-9-15(17)26-3/h7-11H,5-6H2,1-4H3. The highest BCUT2D eigenvalue weighted by molar-refractivity contribution is 6.30. The van der Waals surface area contributed by atoms with Crippen LogP contribution in [-0.2, 0) is 0 Å². The minimum Gasteiger partial charge on any atom is -0.496 e. The normalized spacial score (nSPS) is 12.3. The minimum atomic E-state index is -0.351. The van der Waals surface area contributed by atoms with E-state index >= 15 is 0 Å². The average molecular weight is 367 g/mol. The Kier molecular flexibility index (Phi) is 4.99. The van der Waals surface area contributed by atoms with Crippen molar-refractivity contribution in [2.75, 3.05) is 27.3 Å². The Bertz CT molecular complexity index is 944. The van der Waals surface area contributed by atoms with Gasteiger partial charge >= 0.3 is 0 Å². The number of amides is 1. The lowest BCUT2D eigenvalue weighted by Crippen LogP contribution is -2.31. The largest absolute Gasteiger partial charge is 0.496 e. The Morgan fingerprint density at radius 2 is 1.52 bits per heavy atom. The molecule has 0 saturated carbocycles. The number of fused-ring (bicyclic) bond motifs is 2. The van der Waals surface area contributed by atoms with Crippen LogP contribution < -0.4 is 9.47 Å². The van der Waals surface area contributed by atoms with Gasteiger partial charge in [0.25, 0.3) is 5.91 Å². The predicted octanol–water partition coefficient (Wildman–Crippen LogP) is 2.96. The molecule has 0 N–H and O–H groups in total. The van der Waals surface area contributed by atoms with Crippen LogP contribution in [0.15, 0.2) is 30.3 Å². The molecular weight excluding hydrogens is 346 g/mol. The molecule has 1 aliphatic rings. The maximum absolute atomic E-state index is 13.1. The SMILES string of the molecule is CCN(CC)C(=O)c1cc(OC)c2c(c1)C(=O)c1cccc(OC)c1C2=O. The van der Waals surface area contributed by atoms with Gasteiger partial charge in [-0.15, -0.1) is 0 Å². The third-order valence-corrected chi connectivity index (χ3v) is 4.81. The molecule has 0 fully saturated rings. The van der Waals surface area contributed by atoms with E-state index in [2.05, 4.69) is 0 Å². The smallest absolute Gasteiger partial charge is 0.253 e. The second-order valence-corrected chi connectivity index (χ2v) is 6.12. The van der Waals surface area contributed by atoms with E-state index in [9.17, 15) is 14.4 Å². The molecule has 0 unspecified atom stereocenters. The van der Waals surface area contributed by atoms with Gasteiger partial charge in [-0.2, -0.15) is 0 Å². The van der Waals surface area contributed by atoms with Crippen molar-refractivity contribution in [3.63, 3.8) is 0 Å². The molecule has 0 spiro atoms. The van der Waals surface area contributed by atoms with Crippen molar-refractivity contribution >= 4 is 17.5 Å². The summed E-state index contributed by atoms with van der Waals surface area (Å²) in [6.45, 7) is 4.85. The van der Waals surface area contributed by atoms with Gasteiger partial charge in [-0.3, -0.25) is 14.4 Å². The summed E-state index contributed by atoms with van der Waals surface area (Å²) >= 11 is 0. The third-order valence-electron chi connectivity index (χ3n) is 4.81. The number of carbonyl (C=O) groups is 3. The molecule has 6 heteroatoms. The van der Waals surface area contributed by atoms with E-state index in [4.69, 9.17) is 9.47 Å². The molecule has 0 bridgehead atoms. The lowest BCUT2D eigenvalue weighted by Gasteiger charge is -2.24. The minimum absolute atomic E-state index is 0.163. The maximum Gasteiger partial charge on any atom is 0.253 e. The van der Waals surface area contributed by atoms with Crippen LogP contribution in [-0.4, -0.2) is 49.7 Å². The molecule has 140 valence electrons. The molecule has 1 amide bonds. The molecule has 0 aliphatic heterocycles. The zero-order valence-corrected chi connectivity index (χ0v) is 15.8. The number of nitrogens with zero attached hydrogens (tertiary/aromatic N) is 1. The molecule has 2 aromatic rings. The van der Waals surface area contributed by atoms with Crippen LogP contribution in [0.3, 0.4) is 0 Å². The second kappa shape index (κ2) is 7.23. The number of ketones is 2. The summed E-state index contributed by atoms with van der Waals surface area (Å²) in [6, 6.07) is 7.90. The number of ether oxygens (including phenoxy) is 2. The number of methoxy groups -OCH3 is 2. The van der Waals surface area contributed by atoms with Crippen LogP contribution in [0.5, 0.6) is 11.5 Å². The highest BCUT2D eigenvalue weighted by atomic mass is 16.5. The van der Waals surface area contributed by atoms with Gasteiger partial charge in [0.2, 0.25) is 5.78 Å². The Balaban J connectivity index is 2.23. The zero-order valence-electron chi connectivity index (χ0n) is 15.8. The lowest BCUT2D eigenvalue weighted by atomic mass is 9.82. The molecule has 3 rings (SSSR count). The average Bonchev–Trinajstić information content (AvgIpc) is 2.71. The summed E-state index contributed by atoms with van der Waals surface area (Å²) in [6.07, 6.45) is 0. The summed E-state index contributed by atoms with van der Waals surface area (Å²) in [5.74, 6) is -0.348. The van der Waals surface area contributed by atoms with E-state index in [0.29, 0.717) is 24.4 Å². The third kappa shape index (κ3) is 2.87. The van der Waals surface area contributed by atoms with Crippen molar-refractivity contribution in [1.82, 2.24) is 4.90 Å². The number of hydrogen-bond acceptors (Lipinski definition) is 5. The fourth-order valence-corrected chi connectivity index (χ4v) is 3.40. The van der Waals surface area contributed by atoms with Gasteiger partial charge < -0.3 is 14.4 Å². The van der Waals surface area contributed by atoms with E-state index in [-0.39, 0.29) is 45.5 Å². The van der Waals surface area contributed by atoms with E-state index in [0.717, 1.165) is 0 Å². The van der Waals surface area contributed by atoms with Crippen LogP contribution in [0.25, 0.3) is 0 Å². The van der Waals surface area contributed by atoms with Gasteiger partial charge in [0.05, 0.1) is 25.3 Å². The summed E-state index contributed by atoms with van der Waals surface area (Å²) in [4.78, 5) is 40.6. The van der Waals surface area contributed by atoms with Gasteiger partial charge in [-0.25, -0.2) is 0 Å². The molecule has 0 atom stereocenters. The van der Waals surface area contributed by atoms with Gasteiger partial charge in [-0.1, -0.05) is 12.1 Å². The van der Waals surface area contributed by atoms with Crippen LogP contribution in [0.2, 0.25) is 0 Å². The number of rotatable bonds is 5. The van der Waals surface area contributed by atoms with Crippen LogP contribution in [0.4, 0.5) is 0 Å². The fraction of sp³-hybridized carbons (Fsp3) is 0.286. The zero-order chi connectivity index (χ0) is 19.7. The van der Waals surface area contributed by atoms with Crippen molar-refractivity contribution in [3.05, 3.63) is 58.1 Å². The Morgan fingerprint density at radius 1 is 0.889 bits per heavy atom. The first kappa shape index (κ1) is 18.6. The maximum atomic E-state index is 13.1. The lowest BCUT2D eigenvalue weighted by molar-refractivity contribution is 0.0772. The van der Waals surface area contributed by atoms with Crippen LogP contribution in [0.1, 0.15) is 56.0 Å². The van der Waals surface area contributed by atoms with Gasteiger partial charge in [0, 0.05) is 29.8 Å². The van der Waals surface area contributed by atoms with Crippen molar-refractivity contribution in [1.29, 1.82) is 0 Å². The summed E-state index contributed by atoms with van der Waals surface area (Å²) in [5.41, 5.74) is 1.15. The highest BCUT2D eigenvalue weighted by Crippen LogP contribution is 2.38.